The predicted octanol–water partition coefficient (Wildman–Crippen LogP) is 2.35. The number of hydrogen-bond donors (Lipinski definition) is 1. The molecular formula is C9H6F3NO3. The molecule has 7 heteroatoms. The van der Waals surface area contributed by atoms with Gasteiger partial charge in [-0.1, -0.05) is 0 Å². The molecule has 0 unspecified atom stereocenters. The lowest BCUT2D eigenvalue weighted by atomic mass is 10.2. The van der Waals surface area contributed by atoms with Crippen molar-refractivity contribution in [2.45, 2.75) is 6.18 Å². The quantitative estimate of drug-likeness (QED) is 0.797. The summed E-state index contributed by atoms with van der Waals surface area (Å²) in [5, 5.41) is 8.53. The Morgan fingerprint density at radius 2 is 1.75 bits per heavy atom. The van der Waals surface area contributed by atoms with Crippen molar-refractivity contribution in [3.8, 4) is 0 Å². The molecule has 0 heterocycles. The molecule has 0 fully saturated rings. The molecule has 86 valence electrons. The third-order valence-electron chi connectivity index (χ3n) is 1.78. The minimum atomic E-state index is -4.49. The summed E-state index contributed by atoms with van der Waals surface area (Å²) in [7, 11) is 0. The van der Waals surface area contributed by atoms with Gasteiger partial charge in [0, 0.05) is 0 Å². The highest BCUT2D eigenvalue weighted by atomic mass is 19.4. The third kappa shape index (κ3) is 2.50. The molecule has 16 heavy (non-hydrogen) atoms. The molecule has 0 saturated heterocycles. The van der Waals surface area contributed by atoms with E-state index in [9.17, 15) is 22.8 Å². The first-order chi connectivity index (χ1) is 7.36. The fraction of sp³-hybridized carbons (Fsp3) is 0.111. The van der Waals surface area contributed by atoms with Crippen LogP contribution in [0, 0.1) is 0 Å². The summed E-state index contributed by atoms with van der Waals surface area (Å²) in [6.07, 6.45) is -6.05. The smallest absolute Gasteiger partial charge is 0.418 e. The number of anilines is 1. The minimum absolute atomic E-state index is 0.00489. The lowest BCUT2D eigenvalue weighted by Crippen LogP contribution is -2.27. The highest BCUT2D eigenvalue weighted by Gasteiger charge is 2.30. The predicted molar refractivity (Wildman–Crippen MR) is 48.0 cm³/mol. The Balaban J connectivity index is 3.03. The van der Waals surface area contributed by atoms with Gasteiger partial charge < -0.3 is 5.11 Å². The van der Waals surface area contributed by atoms with Crippen molar-refractivity contribution >= 4 is 18.2 Å². The van der Waals surface area contributed by atoms with E-state index in [-0.39, 0.29) is 17.0 Å². The van der Waals surface area contributed by atoms with Gasteiger partial charge in [0.2, 0.25) is 6.41 Å². The van der Waals surface area contributed by atoms with Crippen molar-refractivity contribution < 1.29 is 27.9 Å². The van der Waals surface area contributed by atoms with Crippen LogP contribution in [-0.4, -0.2) is 17.6 Å². The van der Waals surface area contributed by atoms with Crippen LogP contribution in [0.15, 0.2) is 24.3 Å². The second kappa shape index (κ2) is 4.21. The lowest BCUT2D eigenvalue weighted by molar-refractivity contribution is -0.137. The second-order valence-corrected chi connectivity index (χ2v) is 2.80. The number of benzene rings is 1. The molecule has 1 N–H and O–H groups in total. The maximum absolute atomic E-state index is 12.2. The summed E-state index contributed by atoms with van der Waals surface area (Å²) in [5.41, 5.74) is -1.05. The molecule has 0 aliphatic heterocycles. The maximum Gasteiger partial charge on any atom is 0.418 e. The molecule has 0 aliphatic carbocycles. The first kappa shape index (κ1) is 12.0. The number of imide groups is 1. The van der Waals surface area contributed by atoms with Crippen LogP contribution >= 0.6 is 0 Å². The molecule has 4 nitrogen and oxygen atoms in total. The Morgan fingerprint density at radius 3 is 2.06 bits per heavy atom. The molecule has 2 amide bonds. The number of carbonyl (C=O) groups excluding carboxylic acids is 1. The summed E-state index contributed by atoms with van der Waals surface area (Å²) in [4.78, 5) is 21.1. The Hall–Kier alpha value is -2.05. The topological polar surface area (TPSA) is 57.6 Å². The van der Waals surface area contributed by atoms with Crippen LogP contribution in [0.3, 0.4) is 0 Å². The van der Waals surface area contributed by atoms with Gasteiger partial charge in [0.05, 0.1) is 11.3 Å². The molecule has 1 rings (SSSR count). The van der Waals surface area contributed by atoms with E-state index >= 15 is 0 Å². The monoisotopic (exact) mass is 233 g/mol. The van der Waals surface area contributed by atoms with Crippen molar-refractivity contribution in [3.05, 3.63) is 29.8 Å². The Kier molecular flexibility index (Phi) is 3.17. The molecule has 0 radical (unpaired) electrons. The normalized spacial score (nSPS) is 10.9. The van der Waals surface area contributed by atoms with Gasteiger partial charge in [-0.25, -0.2) is 9.69 Å². The van der Waals surface area contributed by atoms with E-state index in [1.54, 1.807) is 0 Å². The highest BCUT2D eigenvalue weighted by molar-refractivity contribution is 6.02. The number of rotatable bonds is 2. The Morgan fingerprint density at radius 1 is 1.25 bits per heavy atom. The number of hydrogen-bond acceptors (Lipinski definition) is 2. The fourth-order valence-electron chi connectivity index (χ4n) is 1.03. The average molecular weight is 233 g/mol. The highest BCUT2D eigenvalue weighted by Crippen LogP contribution is 2.30. The number of halogens is 3. The number of carbonyl (C=O) groups is 2. The van der Waals surface area contributed by atoms with Crippen molar-refractivity contribution in [1.82, 2.24) is 0 Å². The van der Waals surface area contributed by atoms with E-state index in [0.717, 1.165) is 12.1 Å². The molecule has 0 aliphatic rings. The number of alkyl halides is 3. The fourth-order valence-corrected chi connectivity index (χ4v) is 1.03. The van der Waals surface area contributed by atoms with E-state index < -0.39 is 17.8 Å². The van der Waals surface area contributed by atoms with E-state index in [2.05, 4.69) is 0 Å². The van der Waals surface area contributed by atoms with Crippen molar-refractivity contribution in [2.75, 3.05) is 4.90 Å². The van der Waals surface area contributed by atoms with E-state index in [1.807, 2.05) is 0 Å². The summed E-state index contributed by atoms with van der Waals surface area (Å²) in [6, 6.07) is 3.22. The van der Waals surface area contributed by atoms with Gasteiger partial charge in [0.1, 0.15) is 0 Å². The number of amides is 2. The maximum atomic E-state index is 12.2. The zero-order valence-corrected chi connectivity index (χ0v) is 7.73. The van der Waals surface area contributed by atoms with Gasteiger partial charge >= 0.3 is 12.3 Å². The van der Waals surface area contributed by atoms with E-state index in [1.165, 1.54) is 0 Å². The van der Waals surface area contributed by atoms with Gasteiger partial charge in [0.15, 0.2) is 0 Å². The van der Waals surface area contributed by atoms with Crippen molar-refractivity contribution in [3.63, 3.8) is 0 Å². The standard InChI is InChI=1S/C9H6F3NO3/c10-9(11,12)6-1-3-7(4-2-6)13(5-14)8(15)16/h1-5H,(H,15,16). The Labute approximate surface area is 87.9 Å². The van der Waals surface area contributed by atoms with Crippen LogP contribution < -0.4 is 4.90 Å². The van der Waals surface area contributed by atoms with Gasteiger partial charge in [-0.15, -0.1) is 0 Å². The SMILES string of the molecule is O=CN(C(=O)O)c1ccc(C(F)(F)F)cc1. The number of carboxylic acid groups (broad SMARTS) is 1. The van der Waals surface area contributed by atoms with Crippen LogP contribution in [0.4, 0.5) is 23.7 Å². The summed E-state index contributed by atoms with van der Waals surface area (Å²) in [6.45, 7) is 0. The first-order valence-corrected chi connectivity index (χ1v) is 4.01. The Bertz CT molecular complexity index is 399. The largest absolute Gasteiger partial charge is 0.464 e. The van der Waals surface area contributed by atoms with Gasteiger partial charge in [0.25, 0.3) is 0 Å². The zero-order chi connectivity index (χ0) is 12.3. The molecule has 1 aromatic carbocycles. The molecule has 0 saturated carbocycles. The third-order valence-corrected chi connectivity index (χ3v) is 1.78. The van der Waals surface area contributed by atoms with Crippen molar-refractivity contribution in [2.24, 2.45) is 0 Å². The van der Waals surface area contributed by atoms with Gasteiger partial charge in [-0.3, -0.25) is 4.79 Å². The summed E-state index contributed by atoms with van der Waals surface area (Å²) in [5.74, 6) is 0. The minimum Gasteiger partial charge on any atom is -0.464 e. The zero-order valence-electron chi connectivity index (χ0n) is 7.73. The second-order valence-electron chi connectivity index (χ2n) is 2.80. The van der Waals surface area contributed by atoms with Gasteiger partial charge in [-0.05, 0) is 24.3 Å². The van der Waals surface area contributed by atoms with Crippen LogP contribution in [0.1, 0.15) is 5.56 Å². The molecule has 1 aromatic rings. The lowest BCUT2D eigenvalue weighted by Gasteiger charge is -2.12. The summed E-state index contributed by atoms with van der Waals surface area (Å²) >= 11 is 0. The van der Waals surface area contributed by atoms with Crippen LogP contribution in [0.25, 0.3) is 0 Å². The van der Waals surface area contributed by atoms with Crippen molar-refractivity contribution in [1.29, 1.82) is 0 Å². The van der Waals surface area contributed by atoms with E-state index in [0.29, 0.717) is 12.1 Å². The first-order valence-electron chi connectivity index (χ1n) is 4.01. The molecule has 0 bridgehead atoms. The average Bonchev–Trinajstić information content (AvgIpc) is 2.17. The molecule has 0 atom stereocenters. The molecule has 0 aromatic heterocycles. The van der Waals surface area contributed by atoms with Crippen LogP contribution in [-0.2, 0) is 11.0 Å². The summed E-state index contributed by atoms with van der Waals surface area (Å²) < 4.78 is 36.5. The van der Waals surface area contributed by atoms with E-state index in [4.69, 9.17) is 5.11 Å². The van der Waals surface area contributed by atoms with Crippen LogP contribution in [0.5, 0.6) is 0 Å². The van der Waals surface area contributed by atoms with Crippen LogP contribution in [0.2, 0.25) is 0 Å². The van der Waals surface area contributed by atoms with Gasteiger partial charge in [-0.2, -0.15) is 13.2 Å². The number of nitrogens with zero attached hydrogens (tertiary/aromatic N) is 1. The molecular weight excluding hydrogens is 227 g/mol. The molecule has 0 spiro atoms.